The average molecular weight is 626 g/mol. The number of fused-ring (bicyclic) bond motifs is 1. The molecule has 0 aromatic rings. The lowest BCUT2D eigenvalue weighted by Crippen LogP contribution is -2.63. The molecule has 0 aromatic heterocycles. The zero-order chi connectivity index (χ0) is 27.6. The predicted molar refractivity (Wildman–Crippen MR) is 163 cm³/mol. The second-order valence-corrected chi connectivity index (χ2v) is 26.2. The molecule has 9 atom stereocenters. The average Bonchev–Trinajstić information content (AvgIpc) is 3.36. The van der Waals surface area contributed by atoms with Gasteiger partial charge in [-0.05, 0) is 104 Å². The third-order valence-corrected chi connectivity index (χ3v) is 23.1. The molecule has 3 spiro atoms. The smallest absolute Gasteiger partial charge is 0.192 e. The summed E-state index contributed by atoms with van der Waals surface area (Å²) >= 11 is 4.13. The normalized spacial score (nSPS) is 47.6. The van der Waals surface area contributed by atoms with E-state index in [1.807, 2.05) is 0 Å². The van der Waals surface area contributed by atoms with Crippen molar-refractivity contribution in [3.63, 3.8) is 0 Å². The minimum absolute atomic E-state index is 0.116. The standard InChI is InChI=1S/C31H53BrO4Si2/c1-10-38(11-2,12-3)35-25-22(32)20-29-17-18-30(36-29)21(19-31(29)26(25)33-31)15-16-28(7)23(30)13-14-24(28)34-37(8,9)27(4,5)6/h19,22-26H,10-18,20H2,1-9H3/t22-,23-,24+,25-,26+,28+,29-,30-,31+/m1/s1. The van der Waals surface area contributed by atoms with Gasteiger partial charge in [-0.15, -0.1) is 0 Å². The van der Waals surface area contributed by atoms with Crippen LogP contribution in [0.5, 0.6) is 0 Å². The third kappa shape index (κ3) is 3.63. The number of alkyl halides is 1. The van der Waals surface area contributed by atoms with Gasteiger partial charge < -0.3 is 18.3 Å². The van der Waals surface area contributed by atoms with Crippen molar-refractivity contribution < 1.29 is 18.3 Å². The first kappa shape index (κ1) is 28.6. The van der Waals surface area contributed by atoms with Crippen LogP contribution in [0.15, 0.2) is 11.6 Å². The fraction of sp³-hybridized carbons (Fsp3) is 0.935. The van der Waals surface area contributed by atoms with E-state index in [1.165, 1.54) is 37.4 Å². The van der Waals surface area contributed by atoms with Crippen molar-refractivity contribution in [2.75, 3.05) is 0 Å². The maximum Gasteiger partial charge on any atom is 0.192 e. The van der Waals surface area contributed by atoms with E-state index in [9.17, 15) is 0 Å². The van der Waals surface area contributed by atoms with Crippen LogP contribution in [0.4, 0.5) is 0 Å². The summed E-state index contributed by atoms with van der Waals surface area (Å²) in [5.41, 5.74) is 1.15. The van der Waals surface area contributed by atoms with Crippen LogP contribution in [0.25, 0.3) is 0 Å². The van der Waals surface area contributed by atoms with Crippen molar-refractivity contribution in [3.05, 3.63) is 11.6 Å². The Morgan fingerprint density at radius 2 is 1.71 bits per heavy atom. The molecule has 6 aliphatic rings. The lowest BCUT2D eigenvalue weighted by molar-refractivity contribution is -0.185. The summed E-state index contributed by atoms with van der Waals surface area (Å²) in [4.78, 5) is 0.290. The van der Waals surface area contributed by atoms with E-state index in [1.54, 1.807) is 5.57 Å². The van der Waals surface area contributed by atoms with Crippen LogP contribution in [0.1, 0.15) is 93.4 Å². The van der Waals surface area contributed by atoms with Gasteiger partial charge in [-0.3, -0.25) is 0 Å². The Bertz CT molecular complexity index is 998. The van der Waals surface area contributed by atoms with Crippen molar-refractivity contribution in [2.45, 2.75) is 170 Å². The highest BCUT2D eigenvalue weighted by molar-refractivity contribution is 9.09. The summed E-state index contributed by atoms with van der Waals surface area (Å²) in [5.74, 6) is 0.543. The van der Waals surface area contributed by atoms with Crippen LogP contribution in [0.2, 0.25) is 36.3 Å². The predicted octanol–water partition coefficient (Wildman–Crippen LogP) is 8.51. The van der Waals surface area contributed by atoms with E-state index >= 15 is 0 Å². The van der Waals surface area contributed by atoms with Gasteiger partial charge in [0.1, 0.15) is 17.3 Å². The third-order valence-electron chi connectivity index (χ3n) is 13.1. The largest absolute Gasteiger partial charge is 0.413 e. The van der Waals surface area contributed by atoms with Gasteiger partial charge in [0.2, 0.25) is 0 Å². The molecule has 4 nitrogen and oxygen atoms in total. The number of epoxide rings is 1. The van der Waals surface area contributed by atoms with E-state index in [0.717, 1.165) is 25.7 Å². The second-order valence-electron chi connectivity index (χ2n) is 15.5. The maximum atomic E-state index is 7.57. The van der Waals surface area contributed by atoms with E-state index in [0.29, 0.717) is 12.0 Å². The number of hydrogen-bond donors (Lipinski definition) is 0. The Morgan fingerprint density at radius 1 is 1.03 bits per heavy atom. The first-order valence-electron chi connectivity index (χ1n) is 15.8. The second kappa shape index (κ2) is 8.76. The van der Waals surface area contributed by atoms with Gasteiger partial charge >= 0.3 is 0 Å². The molecular weight excluding hydrogens is 572 g/mol. The molecule has 0 unspecified atom stereocenters. The summed E-state index contributed by atoms with van der Waals surface area (Å²) in [6, 6.07) is 3.54. The summed E-state index contributed by atoms with van der Waals surface area (Å²) in [5, 5.41) is 0.238. The summed E-state index contributed by atoms with van der Waals surface area (Å²) in [6.45, 7) is 21.5. The molecule has 216 valence electrons. The van der Waals surface area contributed by atoms with Crippen molar-refractivity contribution in [1.29, 1.82) is 0 Å². The topological polar surface area (TPSA) is 40.2 Å². The first-order chi connectivity index (χ1) is 17.7. The Balaban J connectivity index is 1.30. The molecular formula is C31H53BrO4Si2. The minimum atomic E-state index is -1.83. The van der Waals surface area contributed by atoms with Gasteiger partial charge in [0.05, 0.1) is 17.8 Å². The van der Waals surface area contributed by atoms with Crippen LogP contribution in [-0.4, -0.2) is 56.6 Å². The molecule has 3 aliphatic heterocycles. The quantitative estimate of drug-likeness (QED) is 0.123. The molecule has 7 heteroatoms. The molecule has 3 heterocycles. The van der Waals surface area contributed by atoms with Gasteiger partial charge in [0.15, 0.2) is 16.6 Å². The highest BCUT2D eigenvalue weighted by Gasteiger charge is 2.82. The Kier molecular flexibility index (Phi) is 6.60. The molecule has 0 amide bonds. The Morgan fingerprint density at radius 3 is 2.34 bits per heavy atom. The molecule has 6 rings (SSSR count). The lowest BCUT2D eigenvalue weighted by Gasteiger charge is -2.57. The van der Waals surface area contributed by atoms with Gasteiger partial charge in [0, 0.05) is 4.83 Å². The number of hydrogen-bond acceptors (Lipinski definition) is 4. The lowest BCUT2D eigenvalue weighted by atomic mass is 9.58. The number of ether oxygens (including phenoxy) is 2. The molecule has 38 heavy (non-hydrogen) atoms. The number of rotatable bonds is 7. The highest BCUT2D eigenvalue weighted by Crippen LogP contribution is 2.73. The van der Waals surface area contributed by atoms with Gasteiger partial charge in [-0.1, -0.05) is 64.4 Å². The fourth-order valence-corrected chi connectivity index (χ4v) is 14.8. The molecule has 0 N–H and O–H groups in total. The minimum Gasteiger partial charge on any atom is -0.413 e. The highest BCUT2D eigenvalue weighted by atomic mass is 79.9. The van der Waals surface area contributed by atoms with E-state index in [-0.39, 0.29) is 44.3 Å². The van der Waals surface area contributed by atoms with Crippen molar-refractivity contribution in [1.82, 2.24) is 0 Å². The molecule has 3 saturated carbocycles. The Labute approximate surface area is 242 Å². The Hall–Kier alpha value is 0.494. The first-order valence-corrected chi connectivity index (χ1v) is 22.1. The van der Waals surface area contributed by atoms with Gasteiger partial charge in [-0.2, -0.15) is 0 Å². The fourth-order valence-electron chi connectivity index (χ4n) is 9.36. The van der Waals surface area contributed by atoms with Crippen LogP contribution in [0, 0.1) is 11.3 Å². The van der Waals surface area contributed by atoms with Crippen molar-refractivity contribution in [2.24, 2.45) is 11.3 Å². The van der Waals surface area contributed by atoms with Crippen LogP contribution in [-0.2, 0) is 18.3 Å². The molecule has 0 radical (unpaired) electrons. The van der Waals surface area contributed by atoms with Crippen LogP contribution >= 0.6 is 15.9 Å². The van der Waals surface area contributed by atoms with Gasteiger partial charge in [0.25, 0.3) is 0 Å². The molecule has 0 aromatic carbocycles. The maximum absolute atomic E-state index is 7.57. The monoisotopic (exact) mass is 624 g/mol. The molecule has 5 fully saturated rings. The number of halogens is 1. The molecule has 2 bridgehead atoms. The SMILES string of the molecule is CC[Si](CC)(CC)O[C@@H]1[C@H](Br)C[C@@]23CC[C@@]4(O2)C(=C[C@@]32O[C@@H]12)CC[C@]1(C)[C@@H](O[Si](C)(C)C(C)(C)C)CC[C@H]14. The zero-order valence-corrected chi connectivity index (χ0v) is 29.1. The van der Waals surface area contributed by atoms with Gasteiger partial charge in [-0.25, -0.2) is 0 Å². The molecule has 2 saturated heterocycles. The van der Waals surface area contributed by atoms with Crippen LogP contribution in [0.3, 0.4) is 0 Å². The van der Waals surface area contributed by atoms with Crippen molar-refractivity contribution in [3.8, 4) is 0 Å². The zero-order valence-electron chi connectivity index (χ0n) is 25.5. The summed E-state index contributed by atoms with van der Waals surface area (Å²) < 4.78 is 28.7. The van der Waals surface area contributed by atoms with Crippen LogP contribution < -0.4 is 0 Å². The molecule has 3 aliphatic carbocycles. The van der Waals surface area contributed by atoms with E-state index < -0.39 is 16.6 Å². The summed E-state index contributed by atoms with van der Waals surface area (Å²) in [7, 11) is -3.57. The van der Waals surface area contributed by atoms with E-state index in [4.69, 9.17) is 18.3 Å². The summed E-state index contributed by atoms with van der Waals surface area (Å²) in [6.07, 6.45) is 11.2. The van der Waals surface area contributed by atoms with E-state index in [2.05, 4.69) is 83.6 Å². The van der Waals surface area contributed by atoms with Crippen molar-refractivity contribution >= 4 is 32.6 Å².